The molecular formula is C25H30OSiZr. The first-order valence-electron chi connectivity index (χ1n) is 9.70. The monoisotopic (exact) mass is 464 g/mol. The summed E-state index contributed by atoms with van der Waals surface area (Å²) in [7, 11) is 0. The molecule has 0 N–H and O–H groups in total. The van der Waals surface area contributed by atoms with Crippen molar-refractivity contribution in [3.63, 3.8) is 0 Å². The number of aryl methyl sites for hydroxylation is 1. The summed E-state index contributed by atoms with van der Waals surface area (Å²) < 4.78 is 5.47. The molecule has 28 heavy (non-hydrogen) atoms. The van der Waals surface area contributed by atoms with Gasteiger partial charge in [0.25, 0.3) is 0 Å². The second-order valence-electron chi connectivity index (χ2n) is 7.57. The van der Waals surface area contributed by atoms with E-state index in [-0.39, 0.29) is 5.43 Å². The smallest absolute Gasteiger partial charge is 0.0899 e. The SMILES string of the molecule is CC1=[C-]C(C)C(C)=C1C.C[Si](C)=[Zr+2].Cc1[cH-]c2ccccc2c1-c1ccco1. The summed E-state index contributed by atoms with van der Waals surface area (Å²) in [5.74, 6) is 1.51. The van der Waals surface area contributed by atoms with Gasteiger partial charge >= 0.3 is 41.9 Å². The second kappa shape index (κ2) is 10.5. The summed E-state index contributed by atoms with van der Waals surface area (Å²) >= 11 is 1.74. The fraction of sp³-hybridized carbons (Fsp3) is 0.320. The molecule has 1 unspecified atom stereocenters. The minimum Gasteiger partial charge on any atom is -0.475 e. The fourth-order valence-electron chi connectivity index (χ4n) is 3.28. The van der Waals surface area contributed by atoms with Gasteiger partial charge in [-0.1, -0.05) is 45.2 Å². The van der Waals surface area contributed by atoms with E-state index in [0.717, 1.165) is 5.76 Å². The number of hydrogen-bond acceptors (Lipinski definition) is 1. The molecule has 2 aromatic carbocycles. The van der Waals surface area contributed by atoms with Crippen molar-refractivity contribution in [3.05, 3.63) is 77.1 Å². The molecule has 0 fully saturated rings. The molecule has 1 atom stereocenters. The minimum atomic E-state index is 0.210. The van der Waals surface area contributed by atoms with Gasteiger partial charge in [-0.25, -0.2) is 5.57 Å². The summed E-state index contributed by atoms with van der Waals surface area (Å²) in [6.45, 7) is 15.4. The van der Waals surface area contributed by atoms with Crippen LogP contribution in [0.5, 0.6) is 0 Å². The summed E-state index contributed by atoms with van der Waals surface area (Å²) in [4.78, 5) is 0. The van der Waals surface area contributed by atoms with Gasteiger partial charge in [-0.2, -0.15) is 11.1 Å². The van der Waals surface area contributed by atoms with Crippen molar-refractivity contribution in [1.82, 2.24) is 0 Å². The van der Waals surface area contributed by atoms with Crippen LogP contribution in [0.3, 0.4) is 0 Å². The fourth-order valence-corrected chi connectivity index (χ4v) is 3.28. The van der Waals surface area contributed by atoms with Crippen LogP contribution in [-0.2, 0) is 23.3 Å². The predicted octanol–water partition coefficient (Wildman–Crippen LogP) is 7.63. The maximum atomic E-state index is 5.47. The Bertz CT molecular complexity index is 999. The van der Waals surface area contributed by atoms with E-state index in [1.165, 1.54) is 38.6 Å². The molecule has 4 rings (SSSR count). The van der Waals surface area contributed by atoms with Gasteiger partial charge in [0.2, 0.25) is 0 Å². The van der Waals surface area contributed by atoms with Gasteiger partial charge in [0, 0.05) is 0 Å². The molecule has 1 heterocycles. The van der Waals surface area contributed by atoms with Crippen LogP contribution in [0, 0.1) is 18.9 Å². The predicted molar refractivity (Wildman–Crippen MR) is 119 cm³/mol. The van der Waals surface area contributed by atoms with E-state index in [9.17, 15) is 0 Å². The summed E-state index contributed by atoms with van der Waals surface area (Å²) in [6.07, 6.45) is 5.08. The normalized spacial score (nSPS) is 15.6. The van der Waals surface area contributed by atoms with Crippen LogP contribution in [0.1, 0.15) is 33.3 Å². The van der Waals surface area contributed by atoms with E-state index in [2.05, 4.69) is 84.1 Å². The van der Waals surface area contributed by atoms with E-state index in [1.54, 1.807) is 29.6 Å². The molecule has 0 aliphatic heterocycles. The van der Waals surface area contributed by atoms with Gasteiger partial charge in [0.1, 0.15) is 0 Å². The molecule has 0 amide bonds. The Kier molecular flexibility index (Phi) is 8.58. The number of benzene rings is 1. The van der Waals surface area contributed by atoms with Gasteiger partial charge < -0.3 is 4.42 Å². The van der Waals surface area contributed by atoms with Crippen molar-refractivity contribution in [3.8, 4) is 11.3 Å². The Labute approximate surface area is 185 Å². The van der Waals surface area contributed by atoms with Crippen molar-refractivity contribution >= 4 is 16.2 Å². The third kappa shape index (κ3) is 5.84. The van der Waals surface area contributed by atoms with Crippen molar-refractivity contribution in [1.29, 1.82) is 0 Å². The van der Waals surface area contributed by atoms with Crippen molar-refractivity contribution < 1.29 is 27.8 Å². The maximum absolute atomic E-state index is 5.47. The Balaban J connectivity index is 0.000000184. The zero-order valence-electron chi connectivity index (χ0n) is 18.1. The molecule has 144 valence electrons. The minimum absolute atomic E-state index is 0.210. The van der Waals surface area contributed by atoms with E-state index in [0.29, 0.717) is 5.92 Å². The quantitative estimate of drug-likeness (QED) is 0.266. The molecule has 1 nitrogen and oxygen atoms in total. The van der Waals surface area contributed by atoms with Crippen LogP contribution >= 0.6 is 0 Å². The van der Waals surface area contributed by atoms with Gasteiger partial charge in [-0.3, -0.25) is 6.08 Å². The Morgan fingerprint density at radius 3 is 2.14 bits per heavy atom. The number of allylic oxidation sites excluding steroid dienone is 4. The average molecular weight is 466 g/mol. The van der Waals surface area contributed by atoms with E-state index in [1.807, 2.05) is 12.1 Å². The molecule has 3 heteroatoms. The van der Waals surface area contributed by atoms with Crippen LogP contribution in [0.4, 0.5) is 0 Å². The second-order valence-corrected chi connectivity index (χ2v) is 16.9. The van der Waals surface area contributed by atoms with Gasteiger partial charge in [0.15, 0.2) is 0 Å². The largest absolute Gasteiger partial charge is 0.475 e. The first-order chi connectivity index (χ1) is 13.2. The van der Waals surface area contributed by atoms with Gasteiger partial charge in [0.05, 0.1) is 12.0 Å². The Hall–Kier alpha value is -1.31. The molecule has 0 saturated heterocycles. The zero-order chi connectivity index (χ0) is 20.8. The van der Waals surface area contributed by atoms with Crippen LogP contribution in [0.15, 0.2) is 69.9 Å². The summed E-state index contributed by atoms with van der Waals surface area (Å²) in [5.41, 5.74) is 6.94. The molecule has 1 aliphatic rings. The number of rotatable bonds is 1. The molecule has 3 aromatic rings. The number of furan rings is 1. The Morgan fingerprint density at radius 2 is 1.68 bits per heavy atom. The summed E-state index contributed by atoms with van der Waals surface area (Å²) in [6, 6.07) is 14.5. The Morgan fingerprint density at radius 1 is 1.04 bits per heavy atom. The van der Waals surface area contributed by atoms with Crippen molar-refractivity contribution in [2.24, 2.45) is 5.92 Å². The standard InChI is InChI=1S/C14H11O.C9H13.C2H6Si.Zr/c1-10-9-11-5-2-3-6-12(11)14(10)13-7-4-8-15-13;1-6-5-7(2)9(4)8(6)3;1-3-2;/h2-9H,1H3;6H,1-4H3;1-2H3;/q2*-1;;+2. The first kappa shape index (κ1) is 23.0. The van der Waals surface area contributed by atoms with Crippen molar-refractivity contribution in [2.45, 2.75) is 47.7 Å². The molecule has 0 radical (unpaired) electrons. The van der Waals surface area contributed by atoms with E-state index >= 15 is 0 Å². The molecule has 1 aliphatic carbocycles. The van der Waals surface area contributed by atoms with E-state index in [4.69, 9.17) is 4.42 Å². The molecule has 0 saturated carbocycles. The van der Waals surface area contributed by atoms with E-state index < -0.39 is 0 Å². The molecule has 0 bridgehead atoms. The van der Waals surface area contributed by atoms with Crippen LogP contribution < -0.4 is 0 Å². The zero-order valence-corrected chi connectivity index (χ0v) is 21.6. The maximum Gasteiger partial charge on any atom is 0.0899 e. The van der Waals surface area contributed by atoms with Gasteiger partial charge in [-0.05, 0) is 12.1 Å². The topological polar surface area (TPSA) is 13.1 Å². The average Bonchev–Trinajstić information content (AvgIpc) is 3.31. The van der Waals surface area contributed by atoms with Gasteiger partial charge in [-0.15, -0.1) is 47.5 Å². The third-order valence-electron chi connectivity index (χ3n) is 5.00. The number of hydrogen-bond donors (Lipinski definition) is 0. The van der Waals surface area contributed by atoms with Crippen LogP contribution in [-0.4, -0.2) is 5.43 Å². The first-order valence-corrected chi connectivity index (χ1v) is 15.9. The van der Waals surface area contributed by atoms with Crippen molar-refractivity contribution in [2.75, 3.05) is 0 Å². The number of fused-ring (bicyclic) bond motifs is 1. The molecule has 1 aromatic heterocycles. The third-order valence-corrected chi connectivity index (χ3v) is 5.00. The van der Waals surface area contributed by atoms with Crippen LogP contribution in [0.2, 0.25) is 13.1 Å². The molecule has 0 spiro atoms. The molecular weight excluding hydrogens is 436 g/mol. The van der Waals surface area contributed by atoms with Crippen LogP contribution in [0.25, 0.3) is 22.1 Å². The summed E-state index contributed by atoms with van der Waals surface area (Å²) in [5, 5.41) is 2.55.